The molecule has 1 heterocycles. The number of allylic oxidation sites excluding steroid dienone is 1. The molecule has 1 rings (SSSR count). The molecule has 0 amide bonds. The van der Waals surface area contributed by atoms with Crippen LogP contribution in [0.3, 0.4) is 0 Å². The lowest BCUT2D eigenvalue weighted by atomic mass is 10.3. The molecule has 0 spiro atoms. The van der Waals surface area contributed by atoms with Crippen LogP contribution < -0.4 is 5.73 Å². The Kier molecular flexibility index (Phi) is 2.87. The molecule has 0 fully saturated rings. The van der Waals surface area contributed by atoms with Crippen molar-refractivity contribution in [3.05, 3.63) is 10.1 Å². The Morgan fingerprint density at radius 3 is 2.75 bits per heavy atom. The minimum Gasteiger partial charge on any atom is -0.411 e. The lowest BCUT2D eigenvalue weighted by Crippen LogP contribution is -2.33. The summed E-state index contributed by atoms with van der Waals surface area (Å²) in [5, 5.41) is 11.6. The van der Waals surface area contributed by atoms with E-state index >= 15 is 0 Å². The predicted octanol–water partition coefficient (Wildman–Crippen LogP) is 1.17. The number of nitrogens with two attached hydrogens (primary N) is 1. The number of thioether (sulfide) groups is 1. The van der Waals surface area contributed by atoms with Gasteiger partial charge in [0.1, 0.15) is 15.6 Å². The van der Waals surface area contributed by atoms with E-state index in [4.69, 9.17) is 22.5 Å². The Morgan fingerprint density at radius 2 is 2.42 bits per heavy atom. The first kappa shape index (κ1) is 9.70. The molecular formula is C6H10ClN3OS. The van der Waals surface area contributed by atoms with Crippen LogP contribution in [0.15, 0.2) is 15.2 Å². The summed E-state index contributed by atoms with van der Waals surface area (Å²) in [6.07, 6.45) is 0. The van der Waals surface area contributed by atoms with E-state index in [1.54, 1.807) is 18.9 Å². The Bertz CT molecular complexity index is 253. The third-order valence-electron chi connectivity index (χ3n) is 1.64. The maximum absolute atomic E-state index is 8.54. The first-order valence-electron chi connectivity index (χ1n) is 3.31. The number of nitrogens with zero attached hydrogens (tertiary/aromatic N) is 2. The van der Waals surface area contributed by atoms with Gasteiger partial charge in [-0.3, -0.25) is 0 Å². The zero-order chi connectivity index (χ0) is 9.30. The number of rotatable bonds is 1. The van der Waals surface area contributed by atoms with Crippen LogP contribution in [0.4, 0.5) is 0 Å². The second-order valence-electron chi connectivity index (χ2n) is 2.43. The molecule has 1 aliphatic rings. The van der Waals surface area contributed by atoms with Crippen LogP contribution in [0, 0.1) is 0 Å². The number of halogens is 1. The van der Waals surface area contributed by atoms with Gasteiger partial charge in [0.05, 0.1) is 5.70 Å². The highest BCUT2D eigenvalue weighted by molar-refractivity contribution is 8.05. The van der Waals surface area contributed by atoms with Gasteiger partial charge in [-0.25, -0.2) is 0 Å². The van der Waals surface area contributed by atoms with Gasteiger partial charge >= 0.3 is 0 Å². The zero-order valence-corrected chi connectivity index (χ0v) is 8.35. The molecule has 6 heteroatoms. The molecular weight excluding hydrogens is 198 g/mol. The van der Waals surface area contributed by atoms with Crippen LogP contribution in [-0.2, 0) is 0 Å². The Hall–Kier alpha value is -0.390. The Labute approximate surface area is 80.0 Å². The standard InChI is InChI=1S/C6H10ClN3OS/c1-3(9-11)4-5(7)12-6(8)10(4)2/h6,11H,8H2,1-2H3/b9-3+. The summed E-state index contributed by atoms with van der Waals surface area (Å²) in [6, 6.07) is 0. The third-order valence-corrected chi connectivity index (χ3v) is 3.04. The second kappa shape index (κ2) is 3.55. The van der Waals surface area contributed by atoms with Gasteiger partial charge < -0.3 is 15.8 Å². The summed E-state index contributed by atoms with van der Waals surface area (Å²) < 4.78 is 0.570. The van der Waals surface area contributed by atoms with Crippen LogP contribution in [0.5, 0.6) is 0 Å². The van der Waals surface area contributed by atoms with E-state index in [2.05, 4.69) is 5.16 Å². The van der Waals surface area contributed by atoms with Crippen LogP contribution in [-0.4, -0.2) is 28.4 Å². The number of hydrogen-bond donors (Lipinski definition) is 2. The fourth-order valence-corrected chi connectivity index (χ4v) is 2.37. The smallest absolute Gasteiger partial charge is 0.131 e. The van der Waals surface area contributed by atoms with E-state index < -0.39 is 0 Å². The summed E-state index contributed by atoms with van der Waals surface area (Å²) in [4.78, 5) is 1.77. The van der Waals surface area contributed by atoms with Crippen LogP contribution in [0.25, 0.3) is 0 Å². The average molecular weight is 208 g/mol. The summed E-state index contributed by atoms with van der Waals surface area (Å²) in [6.45, 7) is 1.67. The molecule has 1 aliphatic heterocycles. The fourth-order valence-electron chi connectivity index (χ4n) is 0.952. The molecule has 0 aromatic rings. The van der Waals surface area contributed by atoms with Crippen LogP contribution in [0.2, 0.25) is 0 Å². The van der Waals surface area contributed by atoms with Gasteiger partial charge in [-0.1, -0.05) is 28.5 Å². The van der Waals surface area contributed by atoms with Crippen molar-refractivity contribution in [2.75, 3.05) is 7.05 Å². The molecule has 0 aromatic heterocycles. The van der Waals surface area contributed by atoms with Crippen molar-refractivity contribution < 1.29 is 5.21 Å². The SMILES string of the molecule is C/C(=N\O)C1=C(Cl)SC(N)N1C. The lowest BCUT2D eigenvalue weighted by molar-refractivity contribution is 0.316. The van der Waals surface area contributed by atoms with E-state index in [9.17, 15) is 0 Å². The summed E-state index contributed by atoms with van der Waals surface area (Å²) >= 11 is 7.21. The summed E-state index contributed by atoms with van der Waals surface area (Å²) in [5.41, 5.74) is 6.65. The van der Waals surface area contributed by atoms with Crippen molar-refractivity contribution in [2.45, 2.75) is 12.4 Å². The fraction of sp³-hybridized carbons (Fsp3) is 0.500. The molecule has 0 aromatic carbocycles. The van der Waals surface area contributed by atoms with Crippen molar-refractivity contribution in [1.82, 2.24) is 4.90 Å². The molecule has 12 heavy (non-hydrogen) atoms. The molecule has 1 unspecified atom stereocenters. The number of hydrogen-bond acceptors (Lipinski definition) is 5. The molecule has 1 atom stereocenters. The van der Waals surface area contributed by atoms with E-state index in [1.807, 2.05) is 0 Å². The van der Waals surface area contributed by atoms with Gasteiger partial charge in [-0.2, -0.15) is 0 Å². The molecule has 0 bridgehead atoms. The minimum atomic E-state index is -0.191. The van der Waals surface area contributed by atoms with Gasteiger partial charge in [-0.05, 0) is 6.92 Å². The van der Waals surface area contributed by atoms with Crippen molar-refractivity contribution in [2.24, 2.45) is 10.9 Å². The van der Waals surface area contributed by atoms with E-state index in [-0.39, 0.29) is 5.50 Å². The highest BCUT2D eigenvalue weighted by Crippen LogP contribution is 2.37. The summed E-state index contributed by atoms with van der Waals surface area (Å²) in [7, 11) is 1.80. The molecule has 68 valence electrons. The highest BCUT2D eigenvalue weighted by Gasteiger charge is 2.27. The van der Waals surface area contributed by atoms with Gasteiger partial charge in [0.2, 0.25) is 0 Å². The van der Waals surface area contributed by atoms with Gasteiger partial charge in [0.25, 0.3) is 0 Å². The van der Waals surface area contributed by atoms with Crippen molar-refractivity contribution >= 4 is 29.1 Å². The predicted molar refractivity (Wildman–Crippen MR) is 51.1 cm³/mol. The number of oxime groups is 1. The molecule has 0 aliphatic carbocycles. The minimum absolute atomic E-state index is 0.191. The van der Waals surface area contributed by atoms with Gasteiger partial charge in [-0.15, -0.1) is 0 Å². The van der Waals surface area contributed by atoms with Crippen molar-refractivity contribution in [3.63, 3.8) is 0 Å². The quantitative estimate of drug-likeness (QED) is 0.385. The van der Waals surface area contributed by atoms with E-state index in [0.29, 0.717) is 15.8 Å². The van der Waals surface area contributed by atoms with Gasteiger partial charge in [0, 0.05) is 7.05 Å². The molecule has 0 saturated heterocycles. The van der Waals surface area contributed by atoms with Crippen LogP contribution in [0.1, 0.15) is 6.92 Å². The van der Waals surface area contributed by atoms with Crippen molar-refractivity contribution in [3.8, 4) is 0 Å². The second-order valence-corrected chi connectivity index (χ2v) is 4.16. The molecule has 4 nitrogen and oxygen atoms in total. The molecule has 3 N–H and O–H groups in total. The maximum atomic E-state index is 8.54. The maximum Gasteiger partial charge on any atom is 0.131 e. The van der Waals surface area contributed by atoms with Crippen LogP contribution >= 0.6 is 23.4 Å². The first-order valence-corrected chi connectivity index (χ1v) is 4.57. The normalized spacial score (nSPS) is 25.5. The molecule has 0 saturated carbocycles. The monoisotopic (exact) mass is 207 g/mol. The van der Waals surface area contributed by atoms with Gasteiger partial charge in [0.15, 0.2) is 0 Å². The third kappa shape index (κ3) is 1.53. The van der Waals surface area contributed by atoms with Crippen molar-refractivity contribution in [1.29, 1.82) is 0 Å². The Morgan fingerprint density at radius 1 is 1.83 bits per heavy atom. The highest BCUT2D eigenvalue weighted by atomic mass is 35.5. The van der Waals surface area contributed by atoms with E-state index in [0.717, 1.165) is 0 Å². The molecule has 0 radical (unpaired) electrons. The Balaban J connectivity index is 2.95. The largest absolute Gasteiger partial charge is 0.411 e. The average Bonchev–Trinajstić information content (AvgIpc) is 2.26. The zero-order valence-electron chi connectivity index (χ0n) is 6.78. The lowest BCUT2D eigenvalue weighted by Gasteiger charge is -2.19. The summed E-state index contributed by atoms with van der Waals surface area (Å²) in [5.74, 6) is 0. The topological polar surface area (TPSA) is 61.9 Å². The first-order chi connectivity index (χ1) is 5.57. The van der Waals surface area contributed by atoms with E-state index in [1.165, 1.54) is 11.8 Å².